The summed E-state index contributed by atoms with van der Waals surface area (Å²) in [6.45, 7) is 10.3. The molecule has 0 saturated heterocycles. The fourth-order valence-electron chi connectivity index (χ4n) is 3.69. The maximum atomic E-state index is 12.2. The van der Waals surface area contributed by atoms with Crippen LogP contribution in [-0.4, -0.2) is 77.2 Å². The molecule has 208 valence electrons. The molecule has 3 aromatic rings. The maximum absolute atomic E-state index is 12.2. The van der Waals surface area contributed by atoms with E-state index >= 15 is 0 Å². The van der Waals surface area contributed by atoms with Gasteiger partial charge in [-0.1, -0.05) is 6.58 Å². The Bertz CT molecular complexity index is 1320. The van der Waals surface area contributed by atoms with Gasteiger partial charge in [-0.05, 0) is 59.1 Å². The number of nitrogens with one attached hydrogen (secondary N) is 3. The van der Waals surface area contributed by atoms with Gasteiger partial charge in [-0.2, -0.15) is 4.98 Å². The molecule has 0 saturated carbocycles. The van der Waals surface area contributed by atoms with Gasteiger partial charge in [0.25, 0.3) is 0 Å². The third-order valence-electron chi connectivity index (χ3n) is 5.73. The van der Waals surface area contributed by atoms with Gasteiger partial charge in [-0.3, -0.25) is 9.78 Å². The first-order valence-corrected chi connectivity index (χ1v) is 12.4. The predicted molar refractivity (Wildman–Crippen MR) is 154 cm³/mol. The number of likely N-dealkylation sites (N-methyl/N-ethyl adjacent to an activating group) is 2. The van der Waals surface area contributed by atoms with Gasteiger partial charge in [0.05, 0.1) is 35.6 Å². The lowest BCUT2D eigenvalue weighted by atomic mass is 10.0. The molecule has 2 heterocycles. The van der Waals surface area contributed by atoms with Gasteiger partial charge >= 0.3 is 0 Å². The van der Waals surface area contributed by atoms with Crippen molar-refractivity contribution in [1.82, 2.24) is 24.8 Å². The Hall–Kier alpha value is -4.29. The van der Waals surface area contributed by atoms with Crippen molar-refractivity contribution in [3.05, 3.63) is 54.6 Å². The zero-order valence-corrected chi connectivity index (χ0v) is 23.5. The Morgan fingerprint density at radius 1 is 1.05 bits per heavy atom. The Morgan fingerprint density at radius 2 is 1.72 bits per heavy atom. The molecule has 0 spiro atoms. The standard InChI is InChI=1S/C27H37N9O3/c1-9-23(37)31-19-14-20(22(39-8)15-21(19)36(7)13-12-35(5)6)33-26-29-16-28-25(34-26)32-18-11-10-17(2)30-24(18)27(3,4)38/h9-11,14-16,38H,1,12-13H2,2-8H3,(H,31,37)(H2,28,29,32,33,34). The minimum atomic E-state index is -1.18. The number of aliphatic hydroxyl groups is 1. The summed E-state index contributed by atoms with van der Waals surface area (Å²) in [6.07, 6.45) is 2.58. The molecule has 0 aliphatic rings. The molecule has 4 N–H and O–H groups in total. The van der Waals surface area contributed by atoms with Crippen LogP contribution in [0.2, 0.25) is 0 Å². The average Bonchev–Trinajstić information content (AvgIpc) is 2.88. The quantitative estimate of drug-likeness (QED) is 0.254. The van der Waals surface area contributed by atoms with Crippen molar-refractivity contribution in [2.24, 2.45) is 0 Å². The van der Waals surface area contributed by atoms with E-state index in [2.05, 4.69) is 47.4 Å². The summed E-state index contributed by atoms with van der Waals surface area (Å²) < 4.78 is 5.66. The summed E-state index contributed by atoms with van der Waals surface area (Å²) >= 11 is 0. The normalized spacial score (nSPS) is 11.2. The first kappa shape index (κ1) is 29.3. The zero-order valence-electron chi connectivity index (χ0n) is 23.5. The molecule has 0 fully saturated rings. The molecule has 0 unspecified atom stereocenters. The summed E-state index contributed by atoms with van der Waals surface area (Å²) in [5, 5.41) is 19.7. The van der Waals surface area contributed by atoms with Crippen LogP contribution >= 0.6 is 0 Å². The number of hydrogen-bond donors (Lipinski definition) is 4. The maximum Gasteiger partial charge on any atom is 0.247 e. The molecule has 2 aromatic heterocycles. The van der Waals surface area contributed by atoms with Gasteiger partial charge in [-0.25, -0.2) is 9.97 Å². The van der Waals surface area contributed by atoms with E-state index in [0.717, 1.165) is 24.5 Å². The number of amides is 1. The molecule has 0 atom stereocenters. The number of carbonyl (C=O) groups excluding carboxylic acids is 1. The van der Waals surface area contributed by atoms with E-state index in [1.165, 1.54) is 12.4 Å². The molecule has 1 amide bonds. The highest BCUT2D eigenvalue weighted by Gasteiger charge is 2.23. The smallest absolute Gasteiger partial charge is 0.247 e. The van der Waals surface area contributed by atoms with E-state index in [9.17, 15) is 9.90 Å². The van der Waals surface area contributed by atoms with Crippen LogP contribution in [0.15, 0.2) is 43.2 Å². The van der Waals surface area contributed by atoms with Gasteiger partial charge in [-0.15, -0.1) is 0 Å². The van der Waals surface area contributed by atoms with Crippen molar-refractivity contribution in [1.29, 1.82) is 0 Å². The highest BCUT2D eigenvalue weighted by atomic mass is 16.5. The van der Waals surface area contributed by atoms with Crippen molar-refractivity contribution in [2.45, 2.75) is 26.4 Å². The molecule has 12 heteroatoms. The number of ether oxygens (including phenoxy) is 1. The van der Waals surface area contributed by atoms with Crippen LogP contribution in [0.5, 0.6) is 5.75 Å². The highest BCUT2D eigenvalue weighted by Crippen LogP contribution is 2.38. The van der Waals surface area contributed by atoms with Gasteiger partial charge < -0.3 is 35.6 Å². The Labute approximate surface area is 229 Å². The number of pyridine rings is 1. The van der Waals surface area contributed by atoms with Crippen molar-refractivity contribution >= 4 is 40.6 Å². The molecular weight excluding hydrogens is 498 g/mol. The first-order chi connectivity index (χ1) is 18.4. The first-order valence-electron chi connectivity index (χ1n) is 12.4. The Balaban J connectivity index is 1.95. The summed E-state index contributed by atoms with van der Waals surface area (Å²) in [4.78, 5) is 33.7. The largest absolute Gasteiger partial charge is 0.494 e. The molecule has 0 aliphatic carbocycles. The number of methoxy groups -OCH3 is 1. The van der Waals surface area contributed by atoms with Crippen LogP contribution in [0, 0.1) is 6.92 Å². The number of rotatable bonds is 12. The molecule has 3 rings (SSSR count). The molecule has 0 aliphatic heterocycles. The molecule has 0 radical (unpaired) electrons. The number of carbonyl (C=O) groups is 1. The van der Waals surface area contributed by atoms with E-state index in [1.807, 2.05) is 51.2 Å². The lowest BCUT2D eigenvalue weighted by Crippen LogP contribution is -2.29. The average molecular weight is 536 g/mol. The Morgan fingerprint density at radius 3 is 2.31 bits per heavy atom. The predicted octanol–water partition coefficient (Wildman–Crippen LogP) is 3.42. The molecule has 39 heavy (non-hydrogen) atoms. The Kier molecular flexibility index (Phi) is 9.38. The highest BCUT2D eigenvalue weighted by molar-refractivity contribution is 6.02. The third kappa shape index (κ3) is 7.85. The second-order valence-corrected chi connectivity index (χ2v) is 9.78. The van der Waals surface area contributed by atoms with Gasteiger partial charge in [0.2, 0.25) is 17.8 Å². The van der Waals surface area contributed by atoms with Crippen molar-refractivity contribution < 1.29 is 14.6 Å². The van der Waals surface area contributed by atoms with Crippen molar-refractivity contribution in [2.75, 3.05) is 62.2 Å². The minimum Gasteiger partial charge on any atom is -0.494 e. The number of anilines is 6. The number of benzene rings is 1. The number of hydrogen-bond acceptors (Lipinski definition) is 11. The van der Waals surface area contributed by atoms with E-state index in [1.54, 1.807) is 27.0 Å². The fourth-order valence-corrected chi connectivity index (χ4v) is 3.69. The summed E-state index contributed by atoms with van der Waals surface area (Å²) in [7, 11) is 7.51. The molecular formula is C27H37N9O3. The van der Waals surface area contributed by atoms with Crippen molar-refractivity contribution in [3.8, 4) is 5.75 Å². The second kappa shape index (κ2) is 12.5. The van der Waals surface area contributed by atoms with Crippen LogP contribution in [0.4, 0.5) is 34.6 Å². The van der Waals surface area contributed by atoms with E-state index < -0.39 is 5.60 Å². The second-order valence-electron chi connectivity index (χ2n) is 9.78. The van der Waals surface area contributed by atoms with Gasteiger partial charge in [0.15, 0.2) is 0 Å². The summed E-state index contributed by atoms with van der Waals surface area (Å²) in [6, 6.07) is 7.24. The molecule has 1 aromatic carbocycles. The van der Waals surface area contributed by atoms with Gasteiger partial charge in [0, 0.05) is 31.9 Å². The van der Waals surface area contributed by atoms with Crippen LogP contribution in [0.1, 0.15) is 25.2 Å². The topological polar surface area (TPSA) is 141 Å². The van der Waals surface area contributed by atoms with Crippen molar-refractivity contribution in [3.63, 3.8) is 0 Å². The number of aryl methyl sites for hydroxylation is 1. The van der Waals surface area contributed by atoms with Crippen LogP contribution in [-0.2, 0) is 10.4 Å². The zero-order chi connectivity index (χ0) is 28.7. The van der Waals surface area contributed by atoms with Crippen LogP contribution < -0.4 is 25.6 Å². The van der Waals surface area contributed by atoms with Gasteiger partial charge in [0.1, 0.15) is 17.7 Å². The number of aromatic nitrogens is 4. The minimum absolute atomic E-state index is 0.241. The van der Waals surface area contributed by atoms with Crippen LogP contribution in [0.3, 0.4) is 0 Å². The molecule has 0 bridgehead atoms. The SMILES string of the molecule is C=CC(=O)Nc1cc(Nc2ncnc(Nc3ccc(C)nc3C(C)(C)O)n2)c(OC)cc1N(C)CCN(C)C. The molecule has 12 nitrogen and oxygen atoms in total. The van der Waals surface area contributed by atoms with E-state index in [-0.39, 0.29) is 17.8 Å². The monoisotopic (exact) mass is 535 g/mol. The lowest BCUT2D eigenvalue weighted by Gasteiger charge is -2.26. The number of nitrogens with zero attached hydrogens (tertiary/aromatic N) is 6. The van der Waals surface area contributed by atoms with E-state index in [4.69, 9.17) is 4.74 Å². The third-order valence-corrected chi connectivity index (χ3v) is 5.73. The van der Waals surface area contributed by atoms with E-state index in [0.29, 0.717) is 28.5 Å². The lowest BCUT2D eigenvalue weighted by molar-refractivity contribution is -0.111. The fraction of sp³-hybridized carbons (Fsp3) is 0.370. The summed E-state index contributed by atoms with van der Waals surface area (Å²) in [5.74, 6) is 0.683. The van der Waals surface area contributed by atoms with Crippen LogP contribution in [0.25, 0.3) is 0 Å². The summed E-state index contributed by atoms with van der Waals surface area (Å²) in [5.41, 5.74) is 2.52.